The predicted octanol–water partition coefficient (Wildman–Crippen LogP) is 7.93. The van der Waals surface area contributed by atoms with Gasteiger partial charge in [-0.15, -0.1) is 0 Å². The van der Waals surface area contributed by atoms with Crippen LogP contribution in [-0.2, 0) is 6.54 Å². The third-order valence-electron chi connectivity index (χ3n) is 5.61. The van der Waals surface area contributed by atoms with Gasteiger partial charge in [-0.3, -0.25) is 4.79 Å². The predicted molar refractivity (Wildman–Crippen MR) is 139 cm³/mol. The Bertz CT molecular complexity index is 1540. The van der Waals surface area contributed by atoms with Crippen molar-refractivity contribution in [3.63, 3.8) is 0 Å². The number of carbonyl (C=O) groups is 1. The van der Waals surface area contributed by atoms with Gasteiger partial charge in [0, 0.05) is 21.0 Å². The Hall–Kier alpha value is -3.25. The van der Waals surface area contributed by atoms with Crippen molar-refractivity contribution in [1.82, 2.24) is 9.55 Å². The summed E-state index contributed by atoms with van der Waals surface area (Å²) in [5, 5.41) is 1.94. The highest BCUT2D eigenvalue weighted by Gasteiger charge is 2.27. The molecule has 3 aromatic carbocycles. The second-order valence-electron chi connectivity index (χ2n) is 7.82. The van der Waals surface area contributed by atoms with E-state index in [4.69, 9.17) is 44.0 Å². The molecule has 0 saturated carbocycles. The molecular formula is C27H19Cl3N2O3. The maximum Gasteiger partial charge on any atom is 0.268 e. The lowest BCUT2D eigenvalue weighted by Gasteiger charge is -2.10. The molecule has 2 heterocycles. The third-order valence-corrected chi connectivity index (χ3v) is 6.59. The van der Waals surface area contributed by atoms with E-state index in [-0.39, 0.29) is 16.6 Å². The highest BCUT2D eigenvalue weighted by atomic mass is 35.5. The first-order chi connectivity index (χ1) is 17.0. The van der Waals surface area contributed by atoms with Crippen molar-refractivity contribution in [2.75, 3.05) is 6.61 Å². The Morgan fingerprint density at radius 3 is 2.57 bits per heavy atom. The minimum Gasteiger partial charge on any atom is -0.494 e. The molecule has 0 aliphatic heterocycles. The molecule has 0 saturated heterocycles. The van der Waals surface area contributed by atoms with Crippen LogP contribution < -0.4 is 4.74 Å². The van der Waals surface area contributed by atoms with Crippen LogP contribution >= 0.6 is 34.8 Å². The van der Waals surface area contributed by atoms with Gasteiger partial charge in [0.05, 0.1) is 30.4 Å². The van der Waals surface area contributed by atoms with E-state index >= 15 is 0 Å². The molecule has 0 radical (unpaired) electrons. The zero-order valence-electron chi connectivity index (χ0n) is 18.6. The Morgan fingerprint density at radius 1 is 1.03 bits per heavy atom. The molecule has 0 aliphatic carbocycles. The van der Waals surface area contributed by atoms with Gasteiger partial charge in [0.1, 0.15) is 10.9 Å². The molecule has 5 rings (SSSR count). The van der Waals surface area contributed by atoms with Crippen LogP contribution in [0.2, 0.25) is 15.2 Å². The van der Waals surface area contributed by atoms with Gasteiger partial charge in [-0.1, -0.05) is 71.2 Å². The van der Waals surface area contributed by atoms with E-state index in [0.717, 1.165) is 16.6 Å². The normalized spacial score (nSPS) is 11.2. The molecule has 0 bridgehead atoms. The van der Waals surface area contributed by atoms with Gasteiger partial charge in [0.15, 0.2) is 5.76 Å². The summed E-state index contributed by atoms with van der Waals surface area (Å²) < 4.78 is 13.3. The fraction of sp³-hybridized carbons (Fsp3) is 0.111. The number of carbonyl (C=O) groups excluding carboxylic acids is 1. The standard InChI is InChI=1S/C27H19Cl3N2O3/c1-2-34-19-10-11-22-20(13-19)24(26(30)32(22)15-17-8-9-18(28)12-21(17)29)25(33)27-31-14-23(35-27)16-6-4-3-5-7-16/h3-14H,2,15H2,1H3. The van der Waals surface area contributed by atoms with Crippen molar-refractivity contribution >= 4 is 51.5 Å². The molecule has 0 aliphatic rings. The van der Waals surface area contributed by atoms with Crippen LogP contribution in [0.4, 0.5) is 0 Å². The molecule has 0 amide bonds. The first-order valence-corrected chi connectivity index (χ1v) is 12.0. The maximum absolute atomic E-state index is 13.6. The molecule has 176 valence electrons. The van der Waals surface area contributed by atoms with E-state index in [9.17, 15) is 4.79 Å². The Kier molecular flexibility index (Phi) is 6.56. The number of ether oxygens (including phenoxy) is 1. The van der Waals surface area contributed by atoms with Crippen molar-refractivity contribution in [3.05, 3.63) is 105 Å². The van der Waals surface area contributed by atoms with Gasteiger partial charge in [-0.05, 0) is 42.8 Å². The summed E-state index contributed by atoms with van der Waals surface area (Å²) in [4.78, 5) is 17.9. The molecule has 0 spiro atoms. The van der Waals surface area contributed by atoms with Crippen LogP contribution in [0.3, 0.4) is 0 Å². The van der Waals surface area contributed by atoms with Gasteiger partial charge in [0.25, 0.3) is 11.7 Å². The zero-order chi connectivity index (χ0) is 24.5. The first-order valence-electron chi connectivity index (χ1n) is 10.9. The molecule has 35 heavy (non-hydrogen) atoms. The summed E-state index contributed by atoms with van der Waals surface area (Å²) in [7, 11) is 0. The molecule has 0 atom stereocenters. The summed E-state index contributed by atoms with van der Waals surface area (Å²) in [6, 6.07) is 20.3. The Labute approximate surface area is 216 Å². The van der Waals surface area contributed by atoms with Crippen LogP contribution in [-0.4, -0.2) is 21.9 Å². The van der Waals surface area contributed by atoms with E-state index < -0.39 is 5.78 Å². The number of nitrogens with zero attached hydrogens (tertiary/aromatic N) is 2. The lowest BCUT2D eigenvalue weighted by atomic mass is 10.1. The SMILES string of the molecule is CCOc1ccc2c(c1)c(C(=O)c1ncc(-c3ccccc3)o1)c(Cl)n2Cc1ccc(Cl)cc1Cl. The van der Waals surface area contributed by atoms with Crippen molar-refractivity contribution in [2.24, 2.45) is 0 Å². The topological polar surface area (TPSA) is 57.3 Å². The van der Waals surface area contributed by atoms with E-state index in [2.05, 4.69) is 4.98 Å². The van der Waals surface area contributed by atoms with Crippen molar-refractivity contribution in [3.8, 4) is 17.1 Å². The number of fused-ring (bicyclic) bond motifs is 1. The fourth-order valence-electron chi connectivity index (χ4n) is 3.97. The number of halogens is 3. The zero-order valence-corrected chi connectivity index (χ0v) is 20.9. The van der Waals surface area contributed by atoms with Crippen LogP contribution in [0.5, 0.6) is 5.75 Å². The Balaban J connectivity index is 1.62. The molecule has 5 nitrogen and oxygen atoms in total. The highest BCUT2D eigenvalue weighted by molar-refractivity contribution is 6.37. The summed E-state index contributed by atoms with van der Waals surface area (Å²) in [6.45, 7) is 2.73. The molecule has 0 fully saturated rings. The summed E-state index contributed by atoms with van der Waals surface area (Å²) in [5.41, 5.74) is 2.67. The number of ketones is 1. The minimum absolute atomic E-state index is 0.0452. The van der Waals surface area contributed by atoms with Crippen molar-refractivity contribution < 1.29 is 13.9 Å². The van der Waals surface area contributed by atoms with Gasteiger partial charge in [-0.25, -0.2) is 4.98 Å². The van der Waals surface area contributed by atoms with Crippen molar-refractivity contribution in [1.29, 1.82) is 0 Å². The molecule has 0 unspecified atom stereocenters. The monoisotopic (exact) mass is 524 g/mol. The smallest absolute Gasteiger partial charge is 0.268 e. The second kappa shape index (κ2) is 9.78. The fourth-order valence-corrected chi connectivity index (χ4v) is 4.78. The average Bonchev–Trinajstić information content (AvgIpc) is 3.45. The van der Waals surface area contributed by atoms with Crippen LogP contribution in [0.25, 0.3) is 22.2 Å². The lowest BCUT2D eigenvalue weighted by Crippen LogP contribution is -2.04. The van der Waals surface area contributed by atoms with Crippen LogP contribution in [0, 0.1) is 0 Å². The average molecular weight is 526 g/mol. The summed E-state index contributed by atoms with van der Waals surface area (Å²) in [6.07, 6.45) is 1.54. The largest absolute Gasteiger partial charge is 0.494 e. The third kappa shape index (κ3) is 4.55. The van der Waals surface area contributed by atoms with Crippen LogP contribution in [0.1, 0.15) is 28.7 Å². The minimum atomic E-state index is -0.420. The summed E-state index contributed by atoms with van der Waals surface area (Å²) in [5.74, 6) is 0.662. The van der Waals surface area contributed by atoms with E-state index in [1.54, 1.807) is 18.2 Å². The van der Waals surface area contributed by atoms with Gasteiger partial charge in [0.2, 0.25) is 0 Å². The van der Waals surface area contributed by atoms with Gasteiger partial charge in [-0.2, -0.15) is 0 Å². The van der Waals surface area contributed by atoms with Crippen LogP contribution in [0.15, 0.2) is 77.3 Å². The molecule has 5 aromatic rings. The number of benzene rings is 3. The van der Waals surface area contributed by atoms with E-state index in [1.165, 1.54) is 6.20 Å². The summed E-state index contributed by atoms with van der Waals surface area (Å²) >= 11 is 19.3. The van der Waals surface area contributed by atoms with Crippen molar-refractivity contribution in [2.45, 2.75) is 13.5 Å². The second-order valence-corrected chi connectivity index (χ2v) is 9.03. The number of oxazole rings is 1. The lowest BCUT2D eigenvalue weighted by molar-refractivity contribution is 0.100. The number of hydrogen-bond donors (Lipinski definition) is 0. The van der Waals surface area contributed by atoms with E-state index in [0.29, 0.717) is 40.1 Å². The highest BCUT2D eigenvalue weighted by Crippen LogP contribution is 2.36. The quantitative estimate of drug-likeness (QED) is 0.202. The number of hydrogen-bond acceptors (Lipinski definition) is 4. The maximum atomic E-state index is 13.6. The van der Waals surface area contributed by atoms with Gasteiger partial charge < -0.3 is 13.7 Å². The number of rotatable bonds is 7. The first kappa shape index (κ1) is 23.5. The van der Waals surface area contributed by atoms with E-state index in [1.807, 2.05) is 60.0 Å². The van der Waals surface area contributed by atoms with Gasteiger partial charge >= 0.3 is 0 Å². The Morgan fingerprint density at radius 2 is 1.83 bits per heavy atom. The molecule has 2 aromatic heterocycles. The number of aromatic nitrogens is 2. The molecular weight excluding hydrogens is 507 g/mol. The molecule has 8 heteroatoms. The molecule has 0 N–H and O–H groups in total.